The number of rotatable bonds is 1. The molecule has 0 amide bonds. The number of nitriles is 1. The lowest BCUT2D eigenvalue weighted by atomic mass is 10.0. The number of hydrogen-bond acceptors (Lipinski definition) is 1. The lowest BCUT2D eigenvalue weighted by Gasteiger charge is -2.03. The van der Waals surface area contributed by atoms with Crippen LogP contribution in [-0.4, -0.2) is 0 Å². The van der Waals surface area contributed by atoms with Crippen LogP contribution in [0.3, 0.4) is 0 Å². The third-order valence-electron chi connectivity index (χ3n) is 1.95. The van der Waals surface area contributed by atoms with Gasteiger partial charge in [0.1, 0.15) is 11.6 Å². The van der Waals surface area contributed by atoms with Crippen LogP contribution in [0, 0.1) is 29.9 Å². The van der Waals surface area contributed by atoms with Crippen LogP contribution in [0.1, 0.15) is 18.1 Å². The Hall–Kier alpha value is -1.69. The van der Waals surface area contributed by atoms with Gasteiger partial charge in [-0.25, -0.2) is 8.78 Å². The van der Waals surface area contributed by atoms with E-state index in [0.717, 1.165) is 12.1 Å². The predicted octanol–water partition coefficient (Wildman–Crippen LogP) is 3.20. The molecule has 0 aliphatic rings. The molecule has 0 aliphatic heterocycles. The molecule has 14 heavy (non-hydrogen) atoms. The molecular weight excluding hydrogens is 184 g/mol. The van der Waals surface area contributed by atoms with Gasteiger partial charge in [-0.2, -0.15) is 5.26 Å². The van der Waals surface area contributed by atoms with E-state index < -0.39 is 11.6 Å². The van der Waals surface area contributed by atoms with Crippen molar-refractivity contribution in [1.29, 1.82) is 5.26 Å². The maximum atomic E-state index is 13.3. The molecule has 0 bridgehead atoms. The van der Waals surface area contributed by atoms with E-state index in [0.29, 0.717) is 0 Å². The maximum absolute atomic E-state index is 13.3. The Balaban J connectivity index is 3.38. The fourth-order valence-electron chi connectivity index (χ4n) is 1.13. The topological polar surface area (TPSA) is 23.8 Å². The summed E-state index contributed by atoms with van der Waals surface area (Å²) in [5.74, 6) is -1.07. The van der Waals surface area contributed by atoms with Gasteiger partial charge in [0.2, 0.25) is 0 Å². The summed E-state index contributed by atoms with van der Waals surface area (Å²) in [5, 5.41) is 8.66. The second-order valence-corrected chi connectivity index (χ2v) is 2.90. The second-order valence-electron chi connectivity index (χ2n) is 2.90. The normalized spacial score (nSPS) is 11.2. The monoisotopic (exact) mass is 193 g/mol. The summed E-state index contributed by atoms with van der Waals surface area (Å²) in [4.78, 5) is 0. The fourth-order valence-corrected chi connectivity index (χ4v) is 1.13. The molecule has 1 aromatic rings. The number of allylic oxidation sites excluding steroid dienone is 2. The van der Waals surface area contributed by atoms with Crippen molar-refractivity contribution in [2.75, 3.05) is 0 Å². The minimum absolute atomic E-state index is 0.0121. The fraction of sp³-hybridized carbons (Fsp3) is 0.182. The number of hydrogen-bond donors (Lipinski definition) is 0. The van der Waals surface area contributed by atoms with Gasteiger partial charge in [-0.1, -0.05) is 6.08 Å². The van der Waals surface area contributed by atoms with Crippen LogP contribution < -0.4 is 0 Å². The van der Waals surface area contributed by atoms with Crippen LogP contribution in [-0.2, 0) is 0 Å². The highest BCUT2D eigenvalue weighted by atomic mass is 19.1. The lowest BCUT2D eigenvalue weighted by Crippen LogP contribution is -1.93. The van der Waals surface area contributed by atoms with Crippen molar-refractivity contribution in [1.82, 2.24) is 0 Å². The number of nitrogens with zero attached hydrogens (tertiary/aromatic N) is 1. The van der Waals surface area contributed by atoms with Gasteiger partial charge in [-0.05, 0) is 31.5 Å². The Kier molecular flexibility index (Phi) is 2.98. The zero-order chi connectivity index (χ0) is 10.7. The van der Waals surface area contributed by atoms with E-state index in [1.54, 1.807) is 6.92 Å². The molecule has 0 spiro atoms. The molecule has 1 nitrogen and oxygen atoms in total. The minimum Gasteiger partial charge on any atom is -0.207 e. The second kappa shape index (κ2) is 4.01. The first-order valence-electron chi connectivity index (χ1n) is 4.12. The highest BCUT2D eigenvalue weighted by Gasteiger charge is 2.10. The molecule has 0 N–H and O–H groups in total. The van der Waals surface area contributed by atoms with E-state index >= 15 is 0 Å². The molecule has 0 aliphatic carbocycles. The molecule has 0 saturated heterocycles. The zero-order valence-corrected chi connectivity index (χ0v) is 7.94. The molecule has 0 radical (unpaired) electrons. The third kappa shape index (κ3) is 1.80. The standard InChI is InChI=1S/C11H9F2N/c1-3-8(6-14)9-5-10(12)7(2)4-11(9)13/h3-5H,1-2H3. The highest BCUT2D eigenvalue weighted by molar-refractivity contribution is 5.76. The van der Waals surface area contributed by atoms with Crippen molar-refractivity contribution in [3.05, 3.63) is 41.0 Å². The summed E-state index contributed by atoms with van der Waals surface area (Å²) in [6.45, 7) is 3.08. The quantitative estimate of drug-likeness (QED) is 0.628. The summed E-state index contributed by atoms with van der Waals surface area (Å²) in [5.41, 5.74) is 0.388. The molecule has 0 atom stereocenters. The Morgan fingerprint density at radius 3 is 2.50 bits per heavy atom. The summed E-state index contributed by atoms with van der Waals surface area (Å²) in [6, 6.07) is 3.94. The average Bonchev–Trinajstić information content (AvgIpc) is 2.15. The number of aryl methyl sites for hydroxylation is 1. The van der Waals surface area contributed by atoms with E-state index in [2.05, 4.69) is 0 Å². The Labute approximate surface area is 81.3 Å². The van der Waals surface area contributed by atoms with E-state index in [4.69, 9.17) is 5.26 Å². The number of halogens is 2. The van der Waals surface area contributed by atoms with Crippen molar-refractivity contribution >= 4 is 5.57 Å². The van der Waals surface area contributed by atoms with E-state index in [1.807, 2.05) is 6.07 Å². The first-order valence-corrected chi connectivity index (χ1v) is 4.12. The lowest BCUT2D eigenvalue weighted by molar-refractivity contribution is 0.590. The molecule has 0 saturated carbocycles. The van der Waals surface area contributed by atoms with E-state index in [9.17, 15) is 8.78 Å². The van der Waals surface area contributed by atoms with Crippen molar-refractivity contribution < 1.29 is 8.78 Å². The maximum Gasteiger partial charge on any atom is 0.132 e. The SMILES string of the molecule is CC=C(C#N)c1cc(F)c(C)cc1F. The van der Waals surface area contributed by atoms with Gasteiger partial charge in [-0.3, -0.25) is 0 Å². The Morgan fingerprint density at radius 1 is 1.36 bits per heavy atom. The molecule has 0 aromatic heterocycles. The van der Waals surface area contributed by atoms with Gasteiger partial charge in [0.15, 0.2) is 0 Å². The highest BCUT2D eigenvalue weighted by Crippen LogP contribution is 2.20. The molecule has 3 heteroatoms. The third-order valence-corrected chi connectivity index (χ3v) is 1.95. The van der Waals surface area contributed by atoms with E-state index in [-0.39, 0.29) is 16.7 Å². The average molecular weight is 193 g/mol. The van der Waals surface area contributed by atoms with E-state index in [1.165, 1.54) is 13.0 Å². The number of benzene rings is 1. The molecule has 0 fully saturated rings. The molecule has 1 aromatic carbocycles. The Morgan fingerprint density at radius 2 is 2.00 bits per heavy atom. The largest absolute Gasteiger partial charge is 0.207 e. The zero-order valence-electron chi connectivity index (χ0n) is 7.94. The minimum atomic E-state index is -0.571. The van der Waals surface area contributed by atoms with Crippen LogP contribution >= 0.6 is 0 Å². The van der Waals surface area contributed by atoms with Gasteiger partial charge in [0.25, 0.3) is 0 Å². The van der Waals surface area contributed by atoms with Crippen molar-refractivity contribution in [3.8, 4) is 6.07 Å². The predicted molar refractivity (Wildman–Crippen MR) is 50.4 cm³/mol. The van der Waals surface area contributed by atoms with Crippen LogP contribution in [0.25, 0.3) is 5.57 Å². The smallest absolute Gasteiger partial charge is 0.132 e. The van der Waals surface area contributed by atoms with Gasteiger partial charge >= 0.3 is 0 Å². The summed E-state index contributed by atoms with van der Waals surface area (Å²) in [6.07, 6.45) is 1.45. The van der Waals surface area contributed by atoms with Gasteiger partial charge in [-0.15, -0.1) is 0 Å². The first-order chi connectivity index (χ1) is 6.60. The Bertz CT molecular complexity index is 428. The molecule has 72 valence electrons. The molecular formula is C11H9F2N. The summed E-state index contributed by atoms with van der Waals surface area (Å²) < 4.78 is 26.4. The van der Waals surface area contributed by atoms with Crippen LogP contribution in [0.4, 0.5) is 8.78 Å². The molecule has 1 rings (SSSR count). The first kappa shape index (κ1) is 10.4. The van der Waals surface area contributed by atoms with Gasteiger partial charge < -0.3 is 0 Å². The van der Waals surface area contributed by atoms with Gasteiger partial charge in [0.05, 0.1) is 11.6 Å². The van der Waals surface area contributed by atoms with Crippen molar-refractivity contribution in [2.45, 2.75) is 13.8 Å². The van der Waals surface area contributed by atoms with Crippen LogP contribution in [0.5, 0.6) is 0 Å². The molecule has 0 unspecified atom stereocenters. The van der Waals surface area contributed by atoms with Crippen LogP contribution in [0.15, 0.2) is 18.2 Å². The summed E-state index contributed by atoms with van der Waals surface area (Å²) >= 11 is 0. The van der Waals surface area contributed by atoms with Gasteiger partial charge in [0, 0.05) is 5.56 Å². The van der Waals surface area contributed by atoms with Crippen molar-refractivity contribution in [2.24, 2.45) is 0 Å². The van der Waals surface area contributed by atoms with Crippen LogP contribution in [0.2, 0.25) is 0 Å². The summed E-state index contributed by atoms with van der Waals surface area (Å²) in [7, 11) is 0. The van der Waals surface area contributed by atoms with Crippen molar-refractivity contribution in [3.63, 3.8) is 0 Å². The molecule has 0 heterocycles.